The van der Waals surface area contributed by atoms with Gasteiger partial charge < -0.3 is 0 Å². The zero-order valence-electron chi connectivity index (χ0n) is 11.2. The summed E-state index contributed by atoms with van der Waals surface area (Å²) in [5.41, 5.74) is 1.52. The summed E-state index contributed by atoms with van der Waals surface area (Å²) in [6.45, 7) is 14.7. The summed E-state index contributed by atoms with van der Waals surface area (Å²) in [6, 6.07) is 1.19. The van der Waals surface area contributed by atoms with Crippen molar-refractivity contribution in [3.8, 4) is 0 Å². The van der Waals surface area contributed by atoms with Crippen LogP contribution in [0.4, 0.5) is 0 Å². The molecule has 0 saturated carbocycles. The molecule has 1 atom stereocenters. The van der Waals surface area contributed by atoms with Crippen molar-refractivity contribution in [1.29, 1.82) is 0 Å². The zero-order chi connectivity index (χ0) is 11.6. The van der Waals surface area contributed by atoms with Gasteiger partial charge in [-0.1, -0.05) is 0 Å². The molecule has 0 aromatic heterocycles. The maximum atomic E-state index is 4.72. The maximum absolute atomic E-state index is 4.72. The topological polar surface area (TPSA) is 15.6 Å². The van der Waals surface area contributed by atoms with Crippen molar-refractivity contribution < 1.29 is 0 Å². The molecule has 0 N–H and O–H groups in total. The van der Waals surface area contributed by atoms with Crippen LogP contribution in [0.15, 0.2) is 4.99 Å². The Balaban J connectivity index is 2.68. The lowest BCUT2D eigenvalue weighted by atomic mass is 9.86. The summed E-state index contributed by atoms with van der Waals surface area (Å²) in [4.78, 5) is 7.32. The van der Waals surface area contributed by atoms with Gasteiger partial charge in [0, 0.05) is 23.8 Å². The lowest BCUT2D eigenvalue weighted by Gasteiger charge is -2.47. The molecule has 1 unspecified atom stereocenters. The normalized spacial score (nSPS) is 26.7. The van der Waals surface area contributed by atoms with Gasteiger partial charge in [0.15, 0.2) is 0 Å². The lowest BCUT2D eigenvalue weighted by molar-refractivity contribution is 0.0388. The Labute approximate surface area is 94.8 Å². The van der Waals surface area contributed by atoms with E-state index in [1.54, 1.807) is 0 Å². The fraction of sp³-hybridized carbons (Fsp3) is 0.923. The second kappa shape index (κ2) is 4.65. The smallest absolute Gasteiger partial charge is 0.0528 e. The molecule has 0 aliphatic carbocycles. The highest BCUT2D eigenvalue weighted by Gasteiger charge is 2.35. The molecule has 1 aliphatic rings. The Morgan fingerprint density at radius 1 is 1.33 bits per heavy atom. The van der Waals surface area contributed by atoms with Crippen molar-refractivity contribution in [3.63, 3.8) is 0 Å². The third-order valence-electron chi connectivity index (χ3n) is 3.28. The minimum atomic E-state index is 0.302. The maximum Gasteiger partial charge on any atom is 0.0528 e. The molecule has 0 radical (unpaired) electrons. The standard InChI is InChI=1S/C13H26N2/c1-10(2)14-12-7-8-15(11(3)4)13(5,6)9-12/h11-12H,7-9H2,1-6H3. The molecular weight excluding hydrogens is 184 g/mol. The minimum absolute atomic E-state index is 0.302. The molecule has 0 aromatic carbocycles. The van der Waals surface area contributed by atoms with Crippen LogP contribution in [-0.2, 0) is 0 Å². The summed E-state index contributed by atoms with van der Waals surface area (Å²) in [7, 11) is 0. The molecule has 0 spiro atoms. The molecule has 88 valence electrons. The third kappa shape index (κ3) is 3.30. The molecule has 15 heavy (non-hydrogen) atoms. The van der Waals surface area contributed by atoms with Crippen molar-refractivity contribution in [2.45, 2.75) is 72.0 Å². The van der Waals surface area contributed by atoms with Gasteiger partial charge in [0.2, 0.25) is 0 Å². The summed E-state index contributed by atoms with van der Waals surface area (Å²) in [6.07, 6.45) is 2.41. The van der Waals surface area contributed by atoms with Crippen molar-refractivity contribution in [2.24, 2.45) is 4.99 Å². The summed E-state index contributed by atoms with van der Waals surface area (Å²) in [5.74, 6) is 0. The first-order valence-electron chi connectivity index (χ1n) is 6.10. The molecule has 1 saturated heterocycles. The summed E-state index contributed by atoms with van der Waals surface area (Å²) >= 11 is 0. The number of likely N-dealkylation sites (tertiary alicyclic amines) is 1. The molecule has 1 heterocycles. The van der Waals surface area contributed by atoms with E-state index in [1.165, 1.54) is 25.1 Å². The molecule has 1 rings (SSSR count). The van der Waals surface area contributed by atoms with Gasteiger partial charge in [0.05, 0.1) is 6.04 Å². The highest BCUT2D eigenvalue weighted by atomic mass is 15.2. The highest BCUT2D eigenvalue weighted by molar-refractivity contribution is 5.79. The number of rotatable bonds is 2. The van der Waals surface area contributed by atoms with E-state index in [0.717, 1.165) is 0 Å². The first-order valence-corrected chi connectivity index (χ1v) is 6.10. The van der Waals surface area contributed by atoms with E-state index in [2.05, 4.69) is 46.4 Å². The number of hydrogen-bond donors (Lipinski definition) is 0. The molecule has 0 aromatic rings. The van der Waals surface area contributed by atoms with Gasteiger partial charge in [-0.3, -0.25) is 9.89 Å². The van der Waals surface area contributed by atoms with Gasteiger partial charge in [0.25, 0.3) is 0 Å². The second-order valence-corrected chi connectivity index (χ2v) is 5.82. The number of piperidine rings is 1. The zero-order valence-corrected chi connectivity index (χ0v) is 11.2. The predicted octanol–water partition coefficient (Wildman–Crippen LogP) is 3.12. The van der Waals surface area contributed by atoms with E-state index in [9.17, 15) is 0 Å². The van der Waals surface area contributed by atoms with Crippen molar-refractivity contribution in [2.75, 3.05) is 6.54 Å². The number of hydrogen-bond acceptors (Lipinski definition) is 2. The molecule has 1 aliphatic heterocycles. The van der Waals surface area contributed by atoms with Crippen LogP contribution in [0.3, 0.4) is 0 Å². The molecule has 2 heteroatoms. The Morgan fingerprint density at radius 2 is 1.93 bits per heavy atom. The lowest BCUT2D eigenvalue weighted by Crippen LogP contribution is -2.54. The Bertz CT molecular complexity index is 237. The van der Waals surface area contributed by atoms with Gasteiger partial charge in [-0.25, -0.2) is 0 Å². The van der Waals surface area contributed by atoms with E-state index in [0.29, 0.717) is 17.6 Å². The number of nitrogens with zero attached hydrogens (tertiary/aromatic N) is 2. The van der Waals surface area contributed by atoms with Crippen LogP contribution in [0.2, 0.25) is 0 Å². The van der Waals surface area contributed by atoms with Crippen LogP contribution in [0.25, 0.3) is 0 Å². The van der Waals surface area contributed by atoms with Gasteiger partial charge in [-0.05, 0) is 54.4 Å². The Hall–Kier alpha value is -0.370. The van der Waals surface area contributed by atoms with Crippen LogP contribution >= 0.6 is 0 Å². The van der Waals surface area contributed by atoms with Crippen LogP contribution in [0.5, 0.6) is 0 Å². The molecule has 1 fully saturated rings. The van der Waals surface area contributed by atoms with E-state index < -0.39 is 0 Å². The van der Waals surface area contributed by atoms with Gasteiger partial charge in [-0.2, -0.15) is 0 Å². The number of aliphatic imine (C=N–C) groups is 1. The highest BCUT2D eigenvalue weighted by Crippen LogP contribution is 2.30. The van der Waals surface area contributed by atoms with Gasteiger partial charge in [-0.15, -0.1) is 0 Å². The average Bonchev–Trinajstić information content (AvgIpc) is 1.99. The van der Waals surface area contributed by atoms with Crippen LogP contribution in [0.1, 0.15) is 54.4 Å². The minimum Gasteiger partial charge on any atom is -0.296 e. The molecule has 0 amide bonds. The summed E-state index contributed by atoms with van der Waals surface area (Å²) < 4.78 is 0. The van der Waals surface area contributed by atoms with Crippen LogP contribution < -0.4 is 0 Å². The van der Waals surface area contributed by atoms with Gasteiger partial charge >= 0.3 is 0 Å². The van der Waals surface area contributed by atoms with Crippen molar-refractivity contribution >= 4 is 5.71 Å². The van der Waals surface area contributed by atoms with Crippen molar-refractivity contribution in [1.82, 2.24) is 4.90 Å². The fourth-order valence-electron chi connectivity index (χ4n) is 2.82. The van der Waals surface area contributed by atoms with Crippen molar-refractivity contribution in [3.05, 3.63) is 0 Å². The third-order valence-corrected chi connectivity index (χ3v) is 3.28. The monoisotopic (exact) mass is 210 g/mol. The van der Waals surface area contributed by atoms with E-state index >= 15 is 0 Å². The van der Waals surface area contributed by atoms with Crippen LogP contribution in [0, 0.1) is 0 Å². The van der Waals surface area contributed by atoms with Crippen LogP contribution in [-0.4, -0.2) is 34.8 Å². The average molecular weight is 210 g/mol. The molecular formula is C13H26N2. The quantitative estimate of drug-likeness (QED) is 0.639. The fourth-order valence-corrected chi connectivity index (χ4v) is 2.82. The second-order valence-electron chi connectivity index (χ2n) is 5.82. The largest absolute Gasteiger partial charge is 0.296 e. The molecule has 2 nitrogen and oxygen atoms in total. The first kappa shape index (κ1) is 12.7. The van der Waals surface area contributed by atoms with Gasteiger partial charge in [0.1, 0.15) is 0 Å². The van der Waals surface area contributed by atoms with E-state index in [-0.39, 0.29) is 0 Å². The Morgan fingerprint density at radius 3 is 2.33 bits per heavy atom. The summed E-state index contributed by atoms with van der Waals surface area (Å²) in [5, 5.41) is 0. The van der Waals surface area contributed by atoms with E-state index in [1.807, 2.05) is 0 Å². The first-order chi connectivity index (χ1) is 6.83. The van der Waals surface area contributed by atoms with E-state index in [4.69, 9.17) is 4.99 Å². The molecule has 0 bridgehead atoms. The predicted molar refractivity (Wildman–Crippen MR) is 67.7 cm³/mol. The Kier molecular flexibility index (Phi) is 3.93. The SMILES string of the molecule is CC(C)=NC1CCN(C(C)C)C(C)(C)C1.